The quantitative estimate of drug-likeness (QED) is 0.517. The summed E-state index contributed by atoms with van der Waals surface area (Å²) in [5, 5.41) is 13.8. The molecule has 1 fully saturated rings. The van der Waals surface area contributed by atoms with Crippen molar-refractivity contribution < 1.29 is 14.3 Å². The summed E-state index contributed by atoms with van der Waals surface area (Å²) in [5.41, 5.74) is 0.888. The van der Waals surface area contributed by atoms with E-state index in [4.69, 9.17) is 9.47 Å². The van der Waals surface area contributed by atoms with Crippen LogP contribution in [0.2, 0.25) is 0 Å². The Hall–Kier alpha value is -3.60. The van der Waals surface area contributed by atoms with E-state index in [-0.39, 0.29) is 29.7 Å². The summed E-state index contributed by atoms with van der Waals surface area (Å²) in [5.74, 6) is 1.10. The van der Waals surface area contributed by atoms with Gasteiger partial charge in [0.25, 0.3) is 11.5 Å². The van der Waals surface area contributed by atoms with Crippen molar-refractivity contribution in [2.45, 2.75) is 44.9 Å². The number of carbonyl (C=O) groups is 1. The molecule has 1 aliphatic heterocycles. The monoisotopic (exact) mass is 453 g/mol. The molecule has 174 valence electrons. The second-order valence-electron chi connectivity index (χ2n) is 8.49. The Kier molecular flexibility index (Phi) is 5.41. The third-order valence-corrected chi connectivity index (χ3v) is 6.10. The van der Waals surface area contributed by atoms with Gasteiger partial charge in [0.05, 0.1) is 24.9 Å². The minimum atomic E-state index is -0.270. The highest BCUT2D eigenvalue weighted by Crippen LogP contribution is 2.36. The van der Waals surface area contributed by atoms with Gasteiger partial charge < -0.3 is 30.0 Å². The number of fused-ring (bicyclic) bond motifs is 3. The van der Waals surface area contributed by atoms with E-state index in [0.29, 0.717) is 47.4 Å². The van der Waals surface area contributed by atoms with Crippen molar-refractivity contribution in [3.8, 4) is 5.75 Å². The average Bonchev–Trinajstić information content (AvgIpc) is 3.22. The van der Waals surface area contributed by atoms with Crippen LogP contribution < -0.4 is 26.2 Å². The Morgan fingerprint density at radius 1 is 1.36 bits per heavy atom. The minimum Gasteiger partial charge on any atom is -0.485 e. The number of hydrogen-bond acceptors (Lipinski definition) is 8. The molecule has 4 heterocycles. The maximum atomic E-state index is 13.0. The molecule has 2 aliphatic rings. The van der Waals surface area contributed by atoms with Crippen LogP contribution in [0.4, 0.5) is 17.3 Å². The lowest BCUT2D eigenvalue weighted by atomic mass is 9.89. The second-order valence-corrected chi connectivity index (χ2v) is 8.49. The standard InChI is InChI=1S/C22H27N7O4/c1-12(2)28-9-4-5-15(22(28)31)25-18-17-20(23-8-10-33-17)29-19(27-18)13(11-24-29)21(30)26-14-6-7-16(14)32-3/h4-5,9,11-12,14,16,23H,6-8,10H2,1-3H3,(H,25,27)(H,26,30). The first-order chi connectivity index (χ1) is 16.0. The van der Waals surface area contributed by atoms with Gasteiger partial charge in [-0.25, -0.2) is 4.98 Å². The van der Waals surface area contributed by atoms with Gasteiger partial charge in [0, 0.05) is 19.3 Å². The summed E-state index contributed by atoms with van der Waals surface area (Å²) in [6.45, 7) is 4.90. The topological polar surface area (TPSA) is 124 Å². The summed E-state index contributed by atoms with van der Waals surface area (Å²) in [4.78, 5) is 30.6. The number of hydrogen-bond donors (Lipinski definition) is 3. The van der Waals surface area contributed by atoms with E-state index in [1.807, 2.05) is 13.8 Å². The molecule has 3 N–H and O–H groups in total. The van der Waals surface area contributed by atoms with Gasteiger partial charge in [-0.15, -0.1) is 0 Å². The zero-order chi connectivity index (χ0) is 23.1. The van der Waals surface area contributed by atoms with Crippen LogP contribution in [0.3, 0.4) is 0 Å². The predicted molar refractivity (Wildman–Crippen MR) is 123 cm³/mol. The Balaban J connectivity index is 1.55. The van der Waals surface area contributed by atoms with E-state index < -0.39 is 0 Å². The molecule has 0 spiro atoms. The lowest BCUT2D eigenvalue weighted by Gasteiger charge is -2.35. The zero-order valence-electron chi connectivity index (χ0n) is 18.8. The first kappa shape index (κ1) is 21.3. The molecule has 3 aromatic rings. The van der Waals surface area contributed by atoms with Crippen molar-refractivity contribution in [2.75, 3.05) is 30.9 Å². The number of nitrogens with one attached hydrogen (secondary N) is 3. The van der Waals surface area contributed by atoms with Crippen LogP contribution in [0.5, 0.6) is 5.75 Å². The molecular formula is C22H27N7O4. The second kappa shape index (κ2) is 8.39. The fraction of sp³-hybridized carbons (Fsp3) is 0.455. The van der Waals surface area contributed by atoms with Crippen molar-refractivity contribution in [2.24, 2.45) is 0 Å². The van der Waals surface area contributed by atoms with E-state index in [1.54, 1.807) is 34.5 Å². The molecule has 0 saturated heterocycles. The van der Waals surface area contributed by atoms with Gasteiger partial charge in [0.15, 0.2) is 17.3 Å². The third-order valence-electron chi connectivity index (χ3n) is 6.10. The Labute approximate surface area is 190 Å². The Morgan fingerprint density at radius 2 is 2.21 bits per heavy atom. The molecule has 2 unspecified atom stereocenters. The van der Waals surface area contributed by atoms with Gasteiger partial charge >= 0.3 is 0 Å². The van der Waals surface area contributed by atoms with Gasteiger partial charge in [-0.1, -0.05) is 0 Å². The molecule has 0 aromatic carbocycles. The smallest absolute Gasteiger partial charge is 0.274 e. The number of ether oxygens (including phenoxy) is 2. The van der Waals surface area contributed by atoms with Gasteiger partial charge in [-0.05, 0) is 38.8 Å². The van der Waals surface area contributed by atoms with E-state index in [9.17, 15) is 9.59 Å². The molecule has 11 nitrogen and oxygen atoms in total. The van der Waals surface area contributed by atoms with Gasteiger partial charge in [-0.2, -0.15) is 9.61 Å². The number of methoxy groups -OCH3 is 1. The molecule has 5 rings (SSSR count). The van der Waals surface area contributed by atoms with Crippen molar-refractivity contribution >= 4 is 28.9 Å². The summed E-state index contributed by atoms with van der Waals surface area (Å²) >= 11 is 0. The number of anilines is 3. The van der Waals surface area contributed by atoms with E-state index in [1.165, 1.54) is 6.20 Å². The van der Waals surface area contributed by atoms with Crippen LogP contribution >= 0.6 is 0 Å². The summed E-state index contributed by atoms with van der Waals surface area (Å²) in [6.07, 6.45) is 5.04. The summed E-state index contributed by atoms with van der Waals surface area (Å²) in [7, 11) is 1.65. The lowest BCUT2D eigenvalue weighted by Crippen LogP contribution is -2.51. The molecule has 3 aromatic heterocycles. The van der Waals surface area contributed by atoms with Gasteiger partial charge in [0.2, 0.25) is 5.75 Å². The highest BCUT2D eigenvalue weighted by Gasteiger charge is 2.33. The normalized spacial score (nSPS) is 19.4. The molecule has 1 amide bonds. The van der Waals surface area contributed by atoms with Crippen molar-refractivity contribution in [1.82, 2.24) is 24.5 Å². The molecule has 2 atom stereocenters. The van der Waals surface area contributed by atoms with Crippen LogP contribution in [0.1, 0.15) is 43.1 Å². The molecule has 0 radical (unpaired) electrons. The first-order valence-corrected chi connectivity index (χ1v) is 11.1. The average molecular weight is 454 g/mol. The van der Waals surface area contributed by atoms with E-state index >= 15 is 0 Å². The summed E-state index contributed by atoms with van der Waals surface area (Å²) in [6, 6.07) is 3.47. The minimum absolute atomic E-state index is 0.00841. The molecule has 0 bridgehead atoms. The van der Waals surface area contributed by atoms with Crippen LogP contribution in [-0.2, 0) is 4.74 Å². The van der Waals surface area contributed by atoms with Crippen LogP contribution in [0.15, 0.2) is 29.3 Å². The Bertz CT molecular complexity index is 1260. The van der Waals surface area contributed by atoms with E-state index in [2.05, 4.69) is 26.0 Å². The molecule has 33 heavy (non-hydrogen) atoms. The Morgan fingerprint density at radius 3 is 2.94 bits per heavy atom. The van der Waals surface area contributed by atoms with Crippen LogP contribution in [0.25, 0.3) is 5.65 Å². The number of amides is 1. The molecule has 1 aliphatic carbocycles. The van der Waals surface area contributed by atoms with Crippen molar-refractivity contribution in [3.63, 3.8) is 0 Å². The predicted octanol–water partition coefficient (Wildman–Crippen LogP) is 1.93. The van der Waals surface area contributed by atoms with Crippen molar-refractivity contribution in [1.29, 1.82) is 0 Å². The number of rotatable bonds is 6. The fourth-order valence-corrected chi connectivity index (χ4v) is 4.14. The first-order valence-electron chi connectivity index (χ1n) is 11.1. The van der Waals surface area contributed by atoms with Gasteiger partial charge in [0.1, 0.15) is 17.9 Å². The maximum absolute atomic E-state index is 13.0. The van der Waals surface area contributed by atoms with Gasteiger partial charge in [-0.3, -0.25) is 9.59 Å². The lowest BCUT2D eigenvalue weighted by molar-refractivity contribution is 0.00732. The van der Waals surface area contributed by atoms with Crippen LogP contribution in [0, 0.1) is 0 Å². The maximum Gasteiger partial charge on any atom is 0.274 e. The number of carbonyl (C=O) groups excluding carboxylic acids is 1. The third kappa shape index (κ3) is 3.67. The molecular weight excluding hydrogens is 426 g/mol. The largest absolute Gasteiger partial charge is 0.485 e. The SMILES string of the molecule is COC1CCC1NC(=O)c1cnn2c3c(c(Nc4cccn(C(C)C)c4=O)nc12)OCCN3. The highest BCUT2D eigenvalue weighted by atomic mass is 16.5. The highest BCUT2D eigenvalue weighted by molar-refractivity contribution is 6.00. The molecule has 11 heteroatoms. The molecule has 1 saturated carbocycles. The number of nitrogens with zero attached hydrogens (tertiary/aromatic N) is 4. The summed E-state index contributed by atoms with van der Waals surface area (Å²) < 4.78 is 14.4. The fourth-order valence-electron chi connectivity index (χ4n) is 4.14. The number of aromatic nitrogens is 4. The van der Waals surface area contributed by atoms with Crippen molar-refractivity contribution in [3.05, 3.63) is 40.4 Å². The van der Waals surface area contributed by atoms with Crippen LogP contribution in [-0.4, -0.2) is 57.5 Å². The van der Waals surface area contributed by atoms with E-state index in [0.717, 1.165) is 12.8 Å². The zero-order valence-corrected chi connectivity index (χ0v) is 18.8. The number of pyridine rings is 1.